The summed E-state index contributed by atoms with van der Waals surface area (Å²) in [5.74, 6) is -0.930. The molecule has 22 heavy (non-hydrogen) atoms. The van der Waals surface area contributed by atoms with E-state index in [0.29, 0.717) is 10.6 Å². The van der Waals surface area contributed by atoms with Crippen LogP contribution in [0.3, 0.4) is 0 Å². The molecule has 4 heteroatoms. The van der Waals surface area contributed by atoms with Crippen LogP contribution in [0.5, 0.6) is 0 Å². The van der Waals surface area contributed by atoms with Gasteiger partial charge in [-0.25, -0.2) is 4.79 Å². The molecule has 2 aromatic carbocycles. The van der Waals surface area contributed by atoms with Gasteiger partial charge in [0.1, 0.15) is 0 Å². The van der Waals surface area contributed by atoms with Crippen LogP contribution in [0.4, 0.5) is 5.69 Å². The predicted octanol–water partition coefficient (Wildman–Crippen LogP) is 4.81. The third-order valence-electron chi connectivity index (χ3n) is 4.08. The number of carboxylic acid groups (broad SMARTS) is 1. The second-order valence-corrected chi connectivity index (χ2v) is 6.04. The van der Waals surface area contributed by atoms with Gasteiger partial charge >= 0.3 is 5.97 Å². The van der Waals surface area contributed by atoms with Crippen LogP contribution in [0.2, 0.25) is 5.02 Å². The number of carbonyl (C=O) groups is 1. The molecular weight excluding hydrogens is 298 g/mol. The van der Waals surface area contributed by atoms with Crippen LogP contribution >= 0.6 is 11.6 Å². The van der Waals surface area contributed by atoms with E-state index in [0.717, 1.165) is 27.9 Å². The molecule has 0 amide bonds. The molecule has 0 bridgehead atoms. The van der Waals surface area contributed by atoms with E-state index in [9.17, 15) is 9.90 Å². The van der Waals surface area contributed by atoms with Crippen LogP contribution in [0, 0.1) is 27.7 Å². The SMILES string of the molecule is Cc1cc(C)c(C)c(NC(C(=O)O)c2cccc(Cl)c2)c1C. The minimum Gasteiger partial charge on any atom is -0.479 e. The van der Waals surface area contributed by atoms with Crippen molar-refractivity contribution >= 4 is 23.3 Å². The summed E-state index contributed by atoms with van der Waals surface area (Å²) in [4.78, 5) is 11.7. The Labute approximate surface area is 135 Å². The maximum Gasteiger partial charge on any atom is 0.330 e. The monoisotopic (exact) mass is 317 g/mol. The van der Waals surface area contributed by atoms with Crippen molar-refractivity contribution in [3.8, 4) is 0 Å². The summed E-state index contributed by atoms with van der Waals surface area (Å²) in [6.45, 7) is 8.06. The molecule has 0 fully saturated rings. The molecule has 0 saturated heterocycles. The standard InChI is InChI=1S/C18H20ClNO2/c1-10-8-11(2)13(4)16(12(10)3)20-17(18(21)22)14-6-5-7-15(19)9-14/h5-9,17,20H,1-4H3,(H,21,22). The summed E-state index contributed by atoms with van der Waals surface area (Å²) in [6.07, 6.45) is 0. The third kappa shape index (κ3) is 3.25. The van der Waals surface area contributed by atoms with Gasteiger partial charge in [-0.3, -0.25) is 0 Å². The van der Waals surface area contributed by atoms with Gasteiger partial charge in [0.05, 0.1) is 0 Å². The molecule has 0 aromatic heterocycles. The lowest BCUT2D eigenvalue weighted by Crippen LogP contribution is -2.22. The van der Waals surface area contributed by atoms with E-state index in [1.54, 1.807) is 24.3 Å². The Bertz CT molecular complexity index is 699. The van der Waals surface area contributed by atoms with Crippen molar-refractivity contribution in [3.05, 3.63) is 63.2 Å². The normalized spacial score (nSPS) is 12.0. The molecule has 0 aliphatic carbocycles. The van der Waals surface area contributed by atoms with Gasteiger partial charge < -0.3 is 10.4 Å². The van der Waals surface area contributed by atoms with Gasteiger partial charge in [0.2, 0.25) is 0 Å². The molecule has 1 unspecified atom stereocenters. The highest BCUT2D eigenvalue weighted by atomic mass is 35.5. The smallest absolute Gasteiger partial charge is 0.330 e. The molecule has 3 nitrogen and oxygen atoms in total. The second-order valence-electron chi connectivity index (χ2n) is 5.61. The highest BCUT2D eigenvalue weighted by molar-refractivity contribution is 6.30. The molecule has 2 rings (SSSR count). The number of nitrogens with one attached hydrogen (secondary N) is 1. The van der Waals surface area contributed by atoms with Crippen molar-refractivity contribution in [2.24, 2.45) is 0 Å². The minimum atomic E-state index is -0.930. The van der Waals surface area contributed by atoms with Crippen LogP contribution < -0.4 is 5.32 Å². The Kier molecular flexibility index (Phi) is 4.77. The number of halogens is 1. The van der Waals surface area contributed by atoms with Gasteiger partial charge in [-0.1, -0.05) is 29.8 Å². The predicted molar refractivity (Wildman–Crippen MR) is 90.8 cm³/mol. The van der Waals surface area contributed by atoms with Gasteiger partial charge in [-0.2, -0.15) is 0 Å². The number of aliphatic carboxylic acids is 1. The Hall–Kier alpha value is -2.00. The fraction of sp³-hybridized carbons (Fsp3) is 0.278. The van der Waals surface area contributed by atoms with Crippen LogP contribution in [0.1, 0.15) is 33.9 Å². The molecule has 0 heterocycles. The first kappa shape index (κ1) is 16.4. The van der Waals surface area contributed by atoms with Crippen molar-refractivity contribution in [2.45, 2.75) is 33.7 Å². The third-order valence-corrected chi connectivity index (χ3v) is 4.32. The molecule has 0 saturated carbocycles. The molecule has 116 valence electrons. The number of rotatable bonds is 4. The van der Waals surface area contributed by atoms with Crippen LogP contribution in [0.15, 0.2) is 30.3 Å². The highest BCUT2D eigenvalue weighted by Gasteiger charge is 2.22. The fourth-order valence-corrected chi connectivity index (χ4v) is 2.75. The van der Waals surface area contributed by atoms with Crippen molar-refractivity contribution < 1.29 is 9.90 Å². The second kappa shape index (κ2) is 6.41. The van der Waals surface area contributed by atoms with Crippen LogP contribution in [-0.2, 0) is 4.79 Å². The fourth-order valence-electron chi connectivity index (χ4n) is 2.55. The lowest BCUT2D eigenvalue weighted by molar-refractivity contribution is -0.138. The Morgan fingerprint density at radius 3 is 2.18 bits per heavy atom. The summed E-state index contributed by atoms with van der Waals surface area (Å²) in [5.41, 5.74) is 5.93. The van der Waals surface area contributed by atoms with Crippen molar-refractivity contribution in [1.29, 1.82) is 0 Å². The summed E-state index contributed by atoms with van der Waals surface area (Å²) in [7, 11) is 0. The molecule has 0 aliphatic rings. The molecule has 0 aliphatic heterocycles. The van der Waals surface area contributed by atoms with E-state index in [1.165, 1.54) is 0 Å². The molecule has 0 spiro atoms. The minimum absolute atomic E-state index is 0.527. The zero-order valence-electron chi connectivity index (χ0n) is 13.2. The molecule has 2 N–H and O–H groups in total. The van der Waals surface area contributed by atoms with E-state index >= 15 is 0 Å². The molecule has 0 radical (unpaired) electrons. The summed E-state index contributed by atoms with van der Waals surface area (Å²) in [6, 6.07) is 8.22. The van der Waals surface area contributed by atoms with Crippen molar-refractivity contribution in [3.63, 3.8) is 0 Å². The quantitative estimate of drug-likeness (QED) is 0.850. The topological polar surface area (TPSA) is 49.3 Å². The van der Waals surface area contributed by atoms with Gasteiger partial charge in [0, 0.05) is 10.7 Å². The number of hydrogen-bond donors (Lipinski definition) is 2. The first-order valence-electron chi connectivity index (χ1n) is 7.13. The number of carboxylic acids is 1. The van der Waals surface area contributed by atoms with E-state index < -0.39 is 12.0 Å². The van der Waals surface area contributed by atoms with Gasteiger partial charge in [0.25, 0.3) is 0 Å². The van der Waals surface area contributed by atoms with E-state index in [1.807, 2.05) is 27.7 Å². The number of anilines is 1. The van der Waals surface area contributed by atoms with Crippen molar-refractivity contribution in [1.82, 2.24) is 0 Å². The van der Waals surface area contributed by atoms with Gasteiger partial charge in [-0.15, -0.1) is 0 Å². The average molecular weight is 318 g/mol. The van der Waals surface area contributed by atoms with Gasteiger partial charge in [0.15, 0.2) is 6.04 Å². The van der Waals surface area contributed by atoms with Crippen molar-refractivity contribution in [2.75, 3.05) is 5.32 Å². The zero-order valence-corrected chi connectivity index (χ0v) is 14.0. The number of aryl methyl sites for hydroxylation is 2. The average Bonchev–Trinajstić information content (AvgIpc) is 2.45. The maximum absolute atomic E-state index is 11.7. The Morgan fingerprint density at radius 1 is 1.09 bits per heavy atom. The molecule has 1 atom stereocenters. The Morgan fingerprint density at radius 2 is 1.68 bits per heavy atom. The highest BCUT2D eigenvalue weighted by Crippen LogP contribution is 2.30. The first-order valence-corrected chi connectivity index (χ1v) is 7.51. The lowest BCUT2D eigenvalue weighted by atomic mass is 9.97. The van der Waals surface area contributed by atoms with Crippen LogP contribution in [0.25, 0.3) is 0 Å². The number of hydrogen-bond acceptors (Lipinski definition) is 2. The largest absolute Gasteiger partial charge is 0.479 e. The zero-order chi connectivity index (χ0) is 16.4. The lowest BCUT2D eigenvalue weighted by Gasteiger charge is -2.22. The molecule has 2 aromatic rings. The maximum atomic E-state index is 11.7. The molecular formula is C18H20ClNO2. The summed E-state index contributed by atoms with van der Waals surface area (Å²) >= 11 is 5.99. The first-order chi connectivity index (χ1) is 10.3. The van der Waals surface area contributed by atoms with Gasteiger partial charge in [-0.05, 0) is 67.6 Å². The summed E-state index contributed by atoms with van der Waals surface area (Å²) < 4.78 is 0. The van der Waals surface area contributed by atoms with Crippen LogP contribution in [-0.4, -0.2) is 11.1 Å². The summed E-state index contributed by atoms with van der Waals surface area (Å²) in [5, 5.41) is 13.3. The number of benzene rings is 2. The van der Waals surface area contributed by atoms with E-state index in [2.05, 4.69) is 11.4 Å². The van der Waals surface area contributed by atoms with E-state index in [4.69, 9.17) is 11.6 Å². The van der Waals surface area contributed by atoms with E-state index in [-0.39, 0.29) is 0 Å². The Balaban J connectivity index is 2.48.